The number of ether oxygens (including phenoxy) is 1. The minimum atomic E-state index is 0.189. The average molecular weight is 440 g/mol. The van der Waals surface area contributed by atoms with Crippen LogP contribution < -0.4 is 4.74 Å². The number of carbonyl (C=O) groups is 1. The molecule has 1 amide bonds. The third-order valence-corrected chi connectivity index (χ3v) is 5.94. The van der Waals surface area contributed by atoms with Gasteiger partial charge in [-0.15, -0.1) is 0 Å². The molecule has 0 fully saturated rings. The lowest BCUT2D eigenvalue weighted by Crippen LogP contribution is -2.30. The highest BCUT2D eigenvalue weighted by Gasteiger charge is 2.13. The maximum absolute atomic E-state index is 12.3. The number of hydrogen-bond donors (Lipinski definition) is 1. The third-order valence-electron chi connectivity index (χ3n) is 5.94. The van der Waals surface area contributed by atoms with E-state index in [0.717, 1.165) is 52.1 Å². The zero-order valence-corrected chi connectivity index (χ0v) is 19.1. The number of phenols is 1. The highest BCUT2D eigenvalue weighted by atomic mass is 16.5. The van der Waals surface area contributed by atoms with Gasteiger partial charge in [-0.2, -0.15) is 0 Å². The van der Waals surface area contributed by atoms with Gasteiger partial charge in [0.1, 0.15) is 17.2 Å². The molecule has 4 rings (SSSR count). The molecule has 0 saturated heterocycles. The van der Waals surface area contributed by atoms with Crippen LogP contribution in [0.15, 0.2) is 84.9 Å². The highest BCUT2D eigenvalue weighted by Crippen LogP contribution is 2.40. The smallest absolute Gasteiger partial charge is 0.222 e. The van der Waals surface area contributed by atoms with Crippen LogP contribution >= 0.6 is 0 Å². The van der Waals surface area contributed by atoms with E-state index in [2.05, 4.69) is 24.3 Å². The number of amides is 1. The molecule has 0 radical (unpaired) electrons. The summed E-state index contributed by atoms with van der Waals surface area (Å²) in [5.41, 5.74) is 3.04. The summed E-state index contributed by atoms with van der Waals surface area (Å²) >= 11 is 0. The highest BCUT2D eigenvalue weighted by molar-refractivity contribution is 5.95. The van der Waals surface area contributed by atoms with E-state index in [0.29, 0.717) is 12.8 Å². The van der Waals surface area contributed by atoms with E-state index in [9.17, 15) is 9.90 Å². The van der Waals surface area contributed by atoms with Gasteiger partial charge < -0.3 is 14.7 Å². The van der Waals surface area contributed by atoms with Crippen LogP contribution in [0.2, 0.25) is 0 Å². The Morgan fingerprint density at radius 2 is 1.55 bits per heavy atom. The van der Waals surface area contributed by atoms with Crippen LogP contribution in [0.3, 0.4) is 0 Å². The normalized spacial score (nSPS) is 10.8. The number of benzene rings is 4. The summed E-state index contributed by atoms with van der Waals surface area (Å²) in [6.07, 6.45) is 1.22. The average Bonchev–Trinajstić information content (AvgIpc) is 2.85. The minimum absolute atomic E-state index is 0.189. The third kappa shape index (κ3) is 5.17. The van der Waals surface area contributed by atoms with Gasteiger partial charge in [0.05, 0.1) is 0 Å². The Morgan fingerprint density at radius 3 is 2.24 bits per heavy atom. The zero-order chi connectivity index (χ0) is 23.2. The van der Waals surface area contributed by atoms with Crippen molar-refractivity contribution >= 4 is 16.7 Å². The molecule has 4 aromatic carbocycles. The number of phenolic OH excluding ortho intramolecular Hbond substituents is 1. The van der Waals surface area contributed by atoms with E-state index in [1.807, 2.05) is 67.3 Å². The van der Waals surface area contributed by atoms with Gasteiger partial charge in [0, 0.05) is 30.5 Å². The lowest BCUT2D eigenvalue weighted by molar-refractivity contribution is -0.130. The van der Waals surface area contributed by atoms with Crippen molar-refractivity contribution in [1.82, 2.24) is 4.90 Å². The molecule has 0 aliphatic heterocycles. The molecule has 4 nitrogen and oxygen atoms in total. The van der Waals surface area contributed by atoms with Crippen LogP contribution in [0.1, 0.15) is 25.8 Å². The quantitative estimate of drug-likeness (QED) is 0.328. The number of aromatic hydroxyl groups is 1. The molecule has 4 heteroatoms. The molecule has 0 unspecified atom stereocenters. The van der Waals surface area contributed by atoms with Gasteiger partial charge in [0.2, 0.25) is 5.91 Å². The number of rotatable bonds is 8. The van der Waals surface area contributed by atoms with E-state index in [1.54, 1.807) is 12.1 Å². The monoisotopic (exact) mass is 439 g/mol. The molecule has 0 bridgehead atoms. The van der Waals surface area contributed by atoms with Gasteiger partial charge in [-0.25, -0.2) is 0 Å². The number of hydrogen-bond acceptors (Lipinski definition) is 3. The fourth-order valence-corrected chi connectivity index (χ4v) is 4.05. The van der Waals surface area contributed by atoms with Gasteiger partial charge in [-0.05, 0) is 67.1 Å². The summed E-state index contributed by atoms with van der Waals surface area (Å²) in [5, 5.41) is 11.8. The van der Waals surface area contributed by atoms with Crippen molar-refractivity contribution in [3.63, 3.8) is 0 Å². The first-order valence-electron chi connectivity index (χ1n) is 11.4. The number of aryl methyl sites for hydroxylation is 1. The predicted molar refractivity (Wildman–Crippen MR) is 134 cm³/mol. The van der Waals surface area contributed by atoms with Crippen LogP contribution in [0.4, 0.5) is 0 Å². The fourth-order valence-electron chi connectivity index (χ4n) is 4.05. The van der Waals surface area contributed by atoms with E-state index >= 15 is 0 Å². The van der Waals surface area contributed by atoms with Crippen LogP contribution in [0, 0.1) is 0 Å². The molecule has 4 aromatic rings. The van der Waals surface area contributed by atoms with Gasteiger partial charge >= 0.3 is 0 Å². The molecule has 0 aliphatic rings. The topological polar surface area (TPSA) is 49.8 Å². The van der Waals surface area contributed by atoms with E-state index in [4.69, 9.17) is 4.74 Å². The lowest BCUT2D eigenvalue weighted by Gasteiger charge is -2.18. The zero-order valence-electron chi connectivity index (χ0n) is 19.1. The standard InChI is InChI=1S/C29H29NO3/c1-3-30(4-2)28(32)20-11-21-9-17-25(18-10-21)33-29-26-8-6-5-7-22(26)14-19-27(29)23-12-15-24(31)16-13-23/h5-10,12-19,31H,3-4,11,20H2,1-2H3. The fraction of sp³-hybridized carbons (Fsp3) is 0.207. The Morgan fingerprint density at radius 1 is 0.848 bits per heavy atom. The Hall–Kier alpha value is -3.79. The van der Waals surface area contributed by atoms with Gasteiger partial charge in [-0.3, -0.25) is 4.79 Å². The molecular formula is C29H29NO3. The maximum Gasteiger partial charge on any atom is 0.222 e. The molecule has 0 heterocycles. The van der Waals surface area contributed by atoms with Gasteiger partial charge in [-0.1, -0.05) is 54.6 Å². The Kier molecular flexibility index (Phi) is 6.94. The molecule has 0 aliphatic carbocycles. The van der Waals surface area contributed by atoms with E-state index < -0.39 is 0 Å². The molecule has 0 aromatic heterocycles. The Labute approximate surface area is 195 Å². The second-order valence-electron chi connectivity index (χ2n) is 8.02. The number of carbonyl (C=O) groups excluding carboxylic acids is 1. The second kappa shape index (κ2) is 10.2. The van der Waals surface area contributed by atoms with Crippen LogP contribution in [-0.4, -0.2) is 29.0 Å². The van der Waals surface area contributed by atoms with Crippen molar-refractivity contribution < 1.29 is 14.6 Å². The van der Waals surface area contributed by atoms with E-state index in [1.165, 1.54) is 0 Å². The van der Waals surface area contributed by atoms with Crippen molar-refractivity contribution in [2.75, 3.05) is 13.1 Å². The summed E-state index contributed by atoms with van der Waals surface area (Å²) in [6, 6.07) is 27.4. The van der Waals surface area contributed by atoms with Crippen molar-refractivity contribution in [3.8, 4) is 28.4 Å². The van der Waals surface area contributed by atoms with E-state index in [-0.39, 0.29) is 11.7 Å². The largest absolute Gasteiger partial charge is 0.508 e. The first-order valence-corrected chi connectivity index (χ1v) is 11.4. The van der Waals surface area contributed by atoms with Crippen LogP contribution in [0.5, 0.6) is 17.2 Å². The van der Waals surface area contributed by atoms with Gasteiger partial charge in [0.25, 0.3) is 0 Å². The second-order valence-corrected chi connectivity index (χ2v) is 8.02. The number of nitrogens with zero attached hydrogens (tertiary/aromatic N) is 1. The van der Waals surface area contributed by atoms with Crippen LogP contribution in [0.25, 0.3) is 21.9 Å². The molecule has 168 valence electrons. The molecule has 1 N–H and O–H groups in total. The minimum Gasteiger partial charge on any atom is -0.508 e. The molecular weight excluding hydrogens is 410 g/mol. The first kappa shape index (κ1) is 22.4. The Bertz CT molecular complexity index is 1230. The lowest BCUT2D eigenvalue weighted by atomic mass is 9.99. The Balaban J connectivity index is 1.59. The van der Waals surface area contributed by atoms with Gasteiger partial charge in [0.15, 0.2) is 0 Å². The molecule has 0 spiro atoms. The molecule has 33 heavy (non-hydrogen) atoms. The summed E-state index contributed by atoms with van der Waals surface area (Å²) in [6.45, 7) is 5.51. The number of fused-ring (bicyclic) bond motifs is 1. The van der Waals surface area contributed by atoms with Crippen molar-refractivity contribution in [2.45, 2.75) is 26.7 Å². The summed E-state index contributed by atoms with van der Waals surface area (Å²) in [4.78, 5) is 14.2. The SMILES string of the molecule is CCN(CC)C(=O)CCc1ccc(Oc2c(-c3ccc(O)cc3)ccc3ccccc23)cc1. The van der Waals surface area contributed by atoms with Crippen molar-refractivity contribution in [1.29, 1.82) is 0 Å². The molecule has 0 saturated carbocycles. The summed E-state index contributed by atoms with van der Waals surface area (Å²) in [7, 11) is 0. The summed E-state index contributed by atoms with van der Waals surface area (Å²) < 4.78 is 6.42. The van der Waals surface area contributed by atoms with Crippen molar-refractivity contribution in [2.24, 2.45) is 0 Å². The van der Waals surface area contributed by atoms with Crippen molar-refractivity contribution in [3.05, 3.63) is 90.5 Å². The summed E-state index contributed by atoms with van der Waals surface area (Å²) in [5.74, 6) is 1.94. The van der Waals surface area contributed by atoms with Crippen LogP contribution in [-0.2, 0) is 11.2 Å². The predicted octanol–water partition coefficient (Wildman–Crippen LogP) is 6.81. The molecule has 0 atom stereocenters. The first-order chi connectivity index (χ1) is 16.1. The maximum atomic E-state index is 12.3.